The third-order valence-electron chi connectivity index (χ3n) is 4.15. The minimum absolute atomic E-state index is 0.0386. The van der Waals surface area contributed by atoms with Gasteiger partial charge in [0.2, 0.25) is 5.06 Å². The van der Waals surface area contributed by atoms with Gasteiger partial charge in [-0.2, -0.15) is 0 Å². The summed E-state index contributed by atoms with van der Waals surface area (Å²) in [5.74, 6) is 0. The van der Waals surface area contributed by atoms with Crippen molar-refractivity contribution >= 4 is 38.4 Å². The smallest absolute Gasteiger partial charge is 0.217 e. The summed E-state index contributed by atoms with van der Waals surface area (Å²) in [6.07, 6.45) is -3.88. The van der Waals surface area contributed by atoms with Crippen LogP contribution in [0.15, 0.2) is 30.3 Å². The molecule has 1 aromatic heterocycles. The molecule has 9 heteroatoms. The minimum Gasteiger partial charge on any atom is -0.392 e. The van der Waals surface area contributed by atoms with Crippen LogP contribution in [0.1, 0.15) is 5.69 Å². The molecule has 3 rings (SSSR count). The molecule has 1 fully saturated rings. The second-order valence-electron chi connectivity index (χ2n) is 5.50. The van der Waals surface area contributed by atoms with E-state index in [0.29, 0.717) is 10.9 Å². The molecule has 5 atom stereocenters. The van der Waals surface area contributed by atoms with Crippen LogP contribution in [-0.4, -0.2) is 59.1 Å². The van der Waals surface area contributed by atoms with Crippen LogP contribution in [0.2, 0.25) is 0 Å². The molecule has 0 amide bonds. The predicted octanol–water partition coefficient (Wildman–Crippen LogP) is 0.0759. The zero-order chi connectivity index (χ0) is 17.0. The minimum atomic E-state index is -2.70. The topological polar surface area (TPSA) is 126 Å². The Kier molecular flexibility index (Phi) is 4.02. The Morgan fingerprint density at radius 3 is 2.52 bits per heavy atom. The number of hydrogen-bond acceptors (Lipinski definition) is 6. The number of ether oxygens (including phenoxy) is 1. The molecule has 0 unspecified atom stereocenters. The second-order valence-corrected chi connectivity index (χ2v) is 7.33. The molecule has 1 aromatic carbocycles. The Morgan fingerprint density at radius 1 is 1.26 bits per heavy atom. The van der Waals surface area contributed by atoms with E-state index in [4.69, 9.17) is 16.3 Å². The maximum atomic E-state index is 11.0. The Labute approximate surface area is 144 Å². The lowest BCUT2D eigenvalue weighted by Gasteiger charge is -2.54. The van der Waals surface area contributed by atoms with Crippen molar-refractivity contribution in [1.82, 2.24) is 4.98 Å². The van der Waals surface area contributed by atoms with E-state index in [9.17, 15) is 25.5 Å². The van der Waals surface area contributed by atoms with E-state index in [0.717, 1.165) is 0 Å². The largest absolute Gasteiger partial charge is 0.392 e. The fraction of sp³-hybridized carbons (Fsp3) is 0.429. The fourth-order valence-electron chi connectivity index (χ4n) is 2.78. The fourth-order valence-corrected chi connectivity index (χ4v) is 3.59. The maximum Gasteiger partial charge on any atom is 0.217 e. The molecular weight excluding hydrogens is 394 g/mol. The Balaban J connectivity index is 2.22. The van der Waals surface area contributed by atoms with Gasteiger partial charge >= 0.3 is 0 Å². The summed E-state index contributed by atoms with van der Waals surface area (Å²) in [4.78, 5) is 2.85. The van der Waals surface area contributed by atoms with E-state index in [2.05, 4.69) is 20.9 Å². The van der Waals surface area contributed by atoms with Gasteiger partial charge in [0.05, 0.1) is 12.3 Å². The number of hydrogen-bond donors (Lipinski definition) is 6. The van der Waals surface area contributed by atoms with Crippen molar-refractivity contribution in [1.29, 1.82) is 0 Å². The van der Waals surface area contributed by atoms with Crippen LogP contribution in [0.5, 0.6) is 0 Å². The number of aromatic nitrogens is 1. The predicted molar refractivity (Wildman–Crippen MR) is 84.8 cm³/mol. The van der Waals surface area contributed by atoms with Gasteiger partial charge in [0, 0.05) is 5.52 Å². The molecular formula is C14H15BrClNO6. The number of aromatic amines is 1. The van der Waals surface area contributed by atoms with E-state index in [1.807, 2.05) is 0 Å². The second kappa shape index (κ2) is 5.40. The summed E-state index contributed by atoms with van der Waals surface area (Å²) < 4.78 is 2.85. The SMILES string of the molecule is OC[C@@]1(Br)O[C@@H](O)[C@H](O)[C@](O)(c2cc3ccccc3[nH]2)[C@@]1(O)Cl. The molecule has 0 saturated carbocycles. The lowest BCUT2D eigenvalue weighted by atomic mass is 9.80. The van der Waals surface area contributed by atoms with Crippen LogP contribution in [0.4, 0.5) is 0 Å². The highest BCUT2D eigenvalue weighted by Gasteiger charge is 2.71. The van der Waals surface area contributed by atoms with Gasteiger partial charge in [0.25, 0.3) is 0 Å². The highest BCUT2D eigenvalue weighted by molar-refractivity contribution is 9.10. The number of rotatable bonds is 2. The van der Waals surface area contributed by atoms with Gasteiger partial charge in [0.15, 0.2) is 16.4 Å². The first-order valence-electron chi connectivity index (χ1n) is 6.73. The third-order valence-corrected chi connectivity index (χ3v) is 5.98. The summed E-state index contributed by atoms with van der Waals surface area (Å²) in [5, 5.41) is 49.3. The van der Waals surface area contributed by atoms with Gasteiger partial charge in [0.1, 0.15) is 6.10 Å². The molecule has 6 N–H and O–H groups in total. The van der Waals surface area contributed by atoms with E-state index in [1.165, 1.54) is 6.07 Å². The van der Waals surface area contributed by atoms with Crippen molar-refractivity contribution in [2.75, 3.05) is 6.61 Å². The van der Waals surface area contributed by atoms with Crippen LogP contribution in [0.25, 0.3) is 10.9 Å². The zero-order valence-corrected chi connectivity index (χ0v) is 14.0. The van der Waals surface area contributed by atoms with Crippen molar-refractivity contribution < 1.29 is 30.3 Å². The highest BCUT2D eigenvalue weighted by atomic mass is 79.9. The summed E-state index contributed by atoms with van der Waals surface area (Å²) in [7, 11) is 0. The summed E-state index contributed by atoms with van der Waals surface area (Å²) in [5.41, 5.74) is -1.97. The Bertz CT molecular complexity index is 706. The van der Waals surface area contributed by atoms with Crippen molar-refractivity contribution in [3.8, 4) is 0 Å². The monoisotopic (exact) mass is 407 g/mol. The van der Waals surface area contributed by atoms with Gasteiger partial charge in [-0.15, -0.1) is 0 Å². The number of benzene rings is 1. The first-order chi connectivity index (χ1) is 10.7. The molecule has 0 bridgehead atoms. The molecule has 7 nitrogen and oxygen atoms in total. The third kappa shape index (κ3) is 2.18. The highest BCUT2D eigenvalue weighted by Crippen LogP contribution is 2.54. The van der Waals surface area contributed by atoms with E-state index in [-0.39, 0.29) is 5.69 Å². The first-order valence-corrected chi connectivity index (χ1v) is 7.90. The molecule has 23 heavy (non-hydrogen) atoms. The number of aliphatic hydroxyl groups is 5. The first kappa shape index (κ1) is 17.1. The van der Waals surface area contributed by atoms with Crippen LogP contribution in [-0.2, 0) is 10.3 Å². The Morgan fingerprint density at radius 2 is 1.91 bits per heavy atom. The number of nitrogens with one attached hydrogen (secondary N) is 1. The van der Waals surface area contributed by atoms with Crippen LogP contribution >= 0.6 is 27.5 Å². The zero-order valence-electron chi connectivity index (χ0n) is 11.6. The number of para-hydroxylation sites is 1. The lowest BCUT2D eigenvalue weighted by molar-refractivity contribution is -0.349. The lowest BCUT2D eigenvalue weighted by Crippen LogP contribution is -2.74. The van der Waals surface area contributed by atoms with Crippen molar-refractivity contribution in [3.63, 3.8) is 0 Å². The average Bonchev–Trinajstić information content (AvgIpc) is 2.96. The number of fused-ring (bicyclic) bond motifs is 1. The van der Waals surface area contributed by atoms with Crippen molar-refractivity contribution in [3.05, 3.63) is 36.0 Å². The molecule has 1 aliphatic rings. The van der Waals surface area contributed by atoms with Gasteiger partial charge < -0.3 is 35.3 Å². The normalized spacial score (nSPS) is 41.3. The molecule has 0 spiro atoms. The van der Waals surface area contributed by atoms with Crippen molar-refractivity contribution in [2.45, 2.75) is 27.6 Å². The quantitative estimate of drug-likeness (QED) is 0.391. The number of halogens is 2. The number of H-pyrrole nitrogens is 1. The summed E-state index contributed by atoms with van der Waals surface area (Å²) in [6, 6.07) is 8.49. The standard InChI is InChI=1S/C14H15BrClNO6/c15-12(6-18)14(16,22)13(21,10(19)11(20)23-12)9-5-7-3-1-2-4-8(7)17-9/h1-5,10-11,17-22H,6H2/t10-,11+,12+,13+,14+/m0/s1. The van der Waals surface area contributed by atoms with Gasteiger partial charge in [-0.25, -0.2) is 0 Å². The molecule has 1 aliphatic heterocycles. The molecule has 0 aliphatic carbocycles. The van der Waals surface area contributed by atoms with Crippen molar-refractivity contribution in [2.24, 2.45) is 0 Å². The molecule has 0 radical (unpaired) electrons. The van der Waals surface area contributed by atoms with Crippen LogP contribution < -0.4 is 0 Å². The van der Waals surface area contributed by atoms with E-state index >= 15 is 0 Å². The average molecular weight is 409 g/mol. The van der Waals surface area contributed by atoms with Gasteiger partial charge in [-0.3, -0.25) is 0 Å². The maximum absolute atomic E-state index is 11.0. The number of aliphatic hydroxyl groups excluding tert-OH is 3. The van der Waals surface area contributed by atoms with Gasteiger partial charge in [-0.1, -0.05) is 29.8 Å². The summed E-state index contributed by atoms with van der Waals surface area (Å²) in [6.45, 7) is -0.876. The summed E-state index contributed by atoms with van der Waals surface area (Å²) >= 11 is 8.99. The molecule has 126 valence electrons. The Hall–Kier alpha value is -0.710. The molecule has 2 heterocycles. The molecule has 1 saturated heterocycles. The van der Waals surface area contributed by atoms with E-state index in [1.54, 1.807) is 24.3 Å². The number of alkyl halides is 2. The van der Waals surface area contributed by atoms with E-state index < -0.39 is 34.2 Å². The van der Waals surface area contributed by atoms with Gasteiger partial charge in [-0.05, 0) is 33.4 Å². The van der Waals surface area contributed by atoms with Crippen LogP contribution in [0, 0.1) is 0 Å². The molecule has 2 aromatic rings. The van der Waals surface area contributed by atoms with Crippen LogP contribution in [0.3, 0.4) is 0 Å².